The van der Waals surface area contributed by atoms with Gasteiger partial charge in [-0.25, -0.2) is 8.42 Å². The second kappa shape index (κ2) is 8.10. The molecule has 0 atom stereocenters. The fraction of sp³-hybridized carbons (Fsp3) is 0.188. The van der Waals surface area contributed by atoms with E-state index in [0.29, 0.717) is 27.9 Å². The zero-order chi connectivity index (χ0) is 20.2. The van der Waals surface area contributed by atoms with Crippen molar-refractivity contribution in [3.05, 3.63) is 58.4 Å². The summed E-state index contributed by atoms with van der Waals surface area (Å²) >= 11 is 0. The van der Waals surface area contributed by atoms with Gasteiger partial charge in [-0.2, -0.15) is 8.70 Å². The van der Waals surface area contributed by atoms with Crippen molar-refractivity contribution in [2.24, 2.45) is 0 Å². The fourth-order valence-electron chi connectivity index (χ4n) is 2.16. The molecule has 0 aliphatic rings. The summed E-state index contributed by atoms with van der Waals surface area (Å²) in [6.45, 7) is -0.551. The molecule has 0 heterocycles. The molecule has 0 bridgehead atoms. The highest BCUT2D eigenvalue weighted by Gasteiger charge is 2.26. The lowest BCUT2D eigenvalue weighted by atomic mass is 10.3. The van der Waals surface area contributed by atoms with Gasteiger partial charge >= 0.3 is 5.69 Å². The maximum atomic E-state index is 13.4. The van der Waals surface area contributed by atoms with Gasteiger partial charge in [0.25, 0.3) is 0 Å². The number of ether oxygens (including phenoxy) is 1. The predicted octanol–water partition coefficient (Wildman–Crippen LogP) is 2.00. The Balaban J connectivity index is 2.16. The molecule has 0 saturated heterocycles. The van der Waals surface area contributed by atoms with Gasteiger partial charge in [0.15, 0.2) is 0 Å². The van der Waals surface area contributed by atoms with E-state index < -0.39 is 43.8 Å². The van der Waals surface area contributed by atoms with E-state index in [1.165, 1.54) is 7.11 Å². The van der Waals surface area contributed by atoms with Crippen LogP contribution in [0.1, 0.15) is 0 Å². The summed E-state index contributed by atoms with van der Waals surface area (Å²) in [5.74, 6) is -1.28. The molecular weight excluding hydrogens is 381 g/mol. The van der Waals surface area contributed by atoms with Crippen LogP contribution in [0.2, 0.25) is 0 Å². The second-order valence-electron chi connectivity index (χ2n) is 5.41. The van der Waals surface area contributed by atoms with Crippen LogP contribution in [-0.2, 0) is 14.8 Å². The van der Waals surface area contributed by atoms with Gasteiger partial charge < -0.3 is 10.1 Å². The lowest BCUT2D eigenvalue weighted by Gasteiger charge is -2.17. The SMILES string of the molecule is COc1cccc(NC(=O)CN(C)S(=O)(=O)c2ccc(F)c([N+](=O)[O-])c2)c1. The van der Waals surface area contributed by atoms with E-state index in [9.17, 15) is 27.7 Å². The molecule has 0 aliphatic carbocycles. The van der Waals surface area contributed by atoms with E-state index in [0.717, 1.165) is 13.1 Å². The standard InChI is InChI=1S/C16H16FN3O6S/c1-19(10-16(21)18-11-4-3-5-12(8-11)26-2)27(24,25)13-6-7-14(17)15(9-13)20(22)23/h3-9H,10H2,1-2H3,(H,18,21). The van der Waals surface area contributed by atoms with Gasteiger partial charge in [-0.3, -0.25) is 14.9 Å². The van der Waals surface area contributed by atoms with Crippen LogP contribution in [0, 0.1) is 15.9 Å². The van der Waals surface area contributed by atoms with Crippen LogP contribution in [0.4, 0.5) is 15.8 Å². The van der Waals surface area contributed by atoms with Crippen LogP contribution in [0.25, 0.3) is 0 Å². The van der Waals surface area contributed by atoms with Crippen molar-refractivity contribution >= 4 is 27.3 Å². The van der Waals surface area contributed by atoms with E-state index in [-0.39, 0.29) is 0 Å². The Bertz CT molecular complexity index is 980. The number of anilines is 1. The Morgan fingerprint density at radius 1 is 1.30 bits per heavy atom. The van der Waals surface area contributed by atoms with Crippen LogP contribution < -0.4 is 10.1 Å². The minimum atomic E-state index is -4.24. The van der Waals surface area contributed by atoms with E-state index in [1.807, 2.05) is 0 Å². The van der Waals surface area contributed by atoms with Crippen LogP contribution in [-0.4, -0.2) is 44.3 Å². The summed E-state index contributed by atoms with van der Waals surface area (Å²) in [7, 11) is -1.64. The third kappa shape index (κ3) is 4.77. The maximum absolute atomic E-state index is 13.4. The van der Waals surface area contributed by atoms with Crippen molar-refractivity contribution in [2.45, 2.75) is 4.90 Å². The molecule has 9 nitrogen and oxygen atoms in total. The Morgan fingerprint density at radius 3 is 2.63 bits per heavy atom. The first-order chi connectivity index (χ1) is 12.6. The van der Waals surface area contributed by atoms with Gasteiger partial charge in [0.2, 0.25) is 21.7 Å². The summed E-state index contributed by atoms with van der Waals surface area (Å²) in [6, 6.07) is 8.67. The Labute approximate surface area is 154 Å². The molecular formula is C16H16FN3O6S. The van der Waals surface area contributed by atoms with E-state index >= 15 is 0 Å². The predicted molar refractivity (Wildman–Crippen MR) is 94.5 cm³/mol. The molecule has 0 fully saturated rings. The summed E-state index contributed by atoms with van der Waals surface area (Å²) in [5.41, 5.74) is -0.562. The third-order valence-electron chi connectivity index (χ3n) is 3.54. The number of hydrogen-bond donors (Lipinski definition) is 1. The minimum absolute atomic E-state index is 0.405. The minimum Gasteiger partial charge on any atom is -0.497 e. The number of methoxy groups -OCH3 is 1. The van der Waals surface area contributed by atoms with Gasteiger partial charge in [0.1, 0.15) is 5.75 Å². The highest BCUT2D eigenvalue weighted by atomic mass is 32.2. The number of nitro benzene ring substituents is 1. The molecule has 2 aromatic carbocycles. The van der Waals surface area contributed by atoms with Crippen molar-refractivity contribution in [2.75, 3.05) is 26.0 Å². The van der Waals surface area contributed by atoms with Crippen molar-refractivity contribution in [1.29, 1.82) is 0 Å². The van der Waals surface area contributed by atoms with Gasteiger partial charge in [-0.1, -0.05) is 6.07 Å². The summed E-state index contributed by atoms with van der Waals surface area (Å²) in [4.78, 5) is 21.4. The highest BCUT2D eigenvalue weighted by Crippen LogP contribution is 2.23. The number of halogens is 1. The fourth-order valence-corrected chi connectivity index (χ4v) is 3.31. The summed E-state index contributed by atoms with van der Waals surface area (Å²) in [5, 5.41) is 13.3. The molecule has 144 valence electrons. The number of rotatable bonds is 7. The first-order valence-corrected chi connectivity index (χ1v) is 8.93. The van der Waals surface area contributed by atoms with Crippen LogP contribution in [0.15, 0.2) is 47.4 Å². The van der Waals surface area contributed by atoms with Crippen molar-refractivity contribution in [3.63, 3.8) is 0 Å². The van der Waals surface area contributed by atoms with E-state index in [4.69, 9.17) is 4.74 Å². The number of nitrogens with zero attached hydrogens (tertiary/aromatic N) is 2. The zero-order valence-corrected chi connectivity index (χ0v) is 15.2. The molecule has 2 aromatic rings. The van der Waals surface area contributed by atoms with Crippen LogP contribution in [0.3, 0.4) is 0 Å². The average molecular weight is 397 g/mol. The molecule has 2 rings (SSSR count). The molecule has 0 aliphatic heterocycles. The van der Waals surface area contributed by atoms with Crippen molar-refractivity contribution in [3.8, 4) is 5.75 Å². The quantitative estimate of drug-likeness (QED) is 0.564. The molecule has 0 saturated carbocycles. The Hall–Kier alpha value is -3.05. The summed E-state index contributed by atoms with van der Waals surface area (Å²) < 4.78 is 44.1. The third-order valence-corrected chi connectivity index (χ3v) is 5.34. The number of amides is 1. The monoisotopic (exact) mass is 397 g/mol. The highest BCUT2D eigenvalue weighted by molar-refractivity contribution is 7.89. The first kappa shape index (κ1) is 20.3. The number of carbonyl (C=O) groups excluding carboxylic acids is 1. The molecule has 0 radical (unpaired) electrons. The number of benzene rings is 2. The van der Waals surface area contributed by atoms with Crippen molar-refractivity contribution in [1.82, 2.24) is 4.31 Å². The van der Waals surface area contributed by atoms with Gasteiger partial charge in [0, 0.05) is 24.9 Å². The van der Waals surface area contributed by atoms with Gasteiger partial charge in [-0.15, -0.1) is 0 Å². The lowest BCUT2D eigenvalue weighted by molar-refractivity contribution is -0.387. The number of nitro groups is 1. The van der Waals surface area contributed by atoms with Crippen LogP contribution >= 0.6 is 0 Å². The number of nitrogens with one attached hydrogen (secondary N) is 1. The Morgan fingerprint density at radius 2 is 2.00 bits per heavy atom. The number of hydrogen-bond acceptors (Lipinski definition) is 6. The Kier molecular flexibility index (Phi) is 6.08. The molecule has 1 amide bonds. The second-order valence-corrected chi connectivity index (χ2v) is 7.46. The lowest BCUT2D eigenvalue weighted by Crippen LogP contribution is -2.35. The zero-order valence-electron chi connectivity index (χ0n) is 14.4. The number of sulfonamides is 1. The maximum Gasteiger partial charge on any atom is 0.306 e. The molecule has 27 heavy (non-hydrogen) atoms. The van der Waals surface area contributed by atoms with Gasteiger partial charge in [-0.05, 0) is 24.3 Å². The van der Waals surface area contributed by atoms with E-state index in [2.05, 4.69) is 5.32 Å². The number of carbonyl (C=O) groups is 1. The topological polar surface area (TPSA) is 119 Å². The van der Waals surface area contributed by atoms with Crippen molar-refractivity contribution < 1.29 is 27.3 Å². The van der Waals surface area contributed by atoms with Crippen LogP contribution in [0.5, 0.6) is 5.75 Å². The summed E-state index contributed by atoms with van der Waals surface area (Å²) in [6.07, 6.45) is 0. The molecule has 0 aromatic heterocycles. The smallest absolute Gasteiger partial charge is 0.306 e. The molecule has 1 N–H and O–H groups in total. The molecule has 11 heteroatoms. The number of likely N-dealkylation sites (N-methyl/N-ethyl adjacent to an activating group) is 1. The largest absolute Gasteiger partial charge is 0.497 e. The molecule has 0 unspecified atom stereocenters. The normalized spacial score (nSPS) is 11.3. The van der Waals surface area contributed by atoms with E-state index in [1.54, 1.807) is 24.3 Å². The molecule has 0 spiro atoms. The van der Waals surface area contributed by atoms with Gasteiger partial charge in [0.05, 0.1) is 23.5 Å². The first-order valence-electron chi connectivity index (χ1n) is 7.49. The average Bonchev–Trinajstić information content (AvgIpc) is 2.61.